The second kappa shape index (κ2) is 11.5. The first-order valence-electron chi connectivity index (χ1n) is 15.6. The van der Waals surface area contributed by atoms with Crippen molar-refractivity contribution in [3.05, 3.63) is 47.5 Å². The Hall–Kier alpha value is -4.85. The largest absolute Gasteiger partial charge is 0.496 e. The minimum Gasteiger partial charge on any atom is -0.496 e. The summed E-state index contributed by atoms with van der Waals surface area (Å²) in [5.74, 6) is 0.839. The molecule has 1 aliphatic carbocycles. The highest BCUT2D eigenvalue weighted by Gasteiger charge is 2.47. The van der Waals surface area contributed by atoms with Crippen LogP contribution in [0.2, 0.25) is 0 Å². The predicted molar refractivity (Wildman–Crippen MR) is 168 cm³/mol. The maximum absolute atomic E-state index is 12.9. The standard InChI is InChI=1S/C32H37N7O7/c1-4-44-29(41)22-13-17(9-11-38-12-10-34-31(38)39-16-35-25-27(39)36-30(33)37-28(25)40)24-21(45-22)15-20-19(26(24)43-3)14-23(46-20)32(2,42)18-7-5-6-8-18/h9-10,12-13,15,18,23,31,34,42H,4-8,11,14,16H2,1-3H3,(H2,33,37,40). The lowest BCUT2D eigenvalue weighted by molar-refractivity contribution is -0.141. The number of nitrogens with zero attached hydrogens (tertiary/aromatic N) is 5. The Balaban J connectivity index is 1.21. The maximum atomic E-state index is 12.9. The first kappa shape index (κ1) is 29.8. The Morgan fingerprint density at radius 3 is 2.85 bits per heavy atom. The maximum Gasteiger partial charge on any atom is 0.374 e. The number of amides is 1. The van der Waals surface area contributed by atoms with Crippen LogP contribution in [0.25, 0.3) is 5.57 Å². The van der Waals surface area contributed by atoms with Crippen LogP contribution >= 0.6 is 0 Å². The Morgan fingerprint density at radius 2 is 2.09 bits per heavy atom. The van der Waals surface area contributed by atoms with Crippen molar-refractivity contribution >= 4 is 35.0 Å². The minimum absolute atomic E-state index is 0.0316. The fraction of sp³-hybridized carbons (Fsp3) is 0.469. The number of hydrogen-bond donors (Lipinski definition) is 3. The average Bonchev–Trinajstić information content (AvgIpc) is 3.85. The lowest BCUT2D eigenvalue weighted by Crippen LogP contribution is -2.53. The number of amidine groups is 1. The number of nitrogens with two attached hydrogens (primary N) is 1. The Kier molecular flexibility index (Phi) is 7.46. The van der Waals surface area contributed by atoms with Crippen LogP contribution in [0.1, 0.15) is 50.7 Å². The quantitative estimate of drug-likeness (QED) is 0.357. The van der Waals surface area contributed by atoms with Crippen LogP contribution in [0.3, 0.4) is 0 Å². The molecule has 1 aromatic carbocycles. The van der Waals surface area contributed by atoms with Crippen LogP contribution in [0.5, 0.6) is 17.2 Å². The molecule has 1 aromatic rings. The van der Waals surface area contributed by atoms with Crippen LogP contribution in [0.4, 0.5) is 0 Å². The number of guanidine groups is 1. The summed E-state index contributed by atoms with van der Waals surface area (Å²) in [6, 6.07) is 1.77. The molecule has 0 radical (unpaired) electrons. The number of aliphatic hydroxyl groups is 1. The fourth-order valence-electron chi connectivity index (χ4n) is 7.06. The number of fused-ring (bicyclic) bond motifs is 3. The van der Waals surface area contributed by atoms with Crippen LogP contribution < -0.4 is 25.3 Å². The number of methoxy groups -OCH3 is 1. The monoisotopic (exact) mass is 631 g/mol. The normalized spacial score (nSPS) is 25.4. The summed E-state index contributed by atoms with van der Waals surface area (Å²) in [7, 11) is 1.59. The molecule has 5 aliphatic heterocycles. The van der Waals surface area contributed by atoms with Gasteiger partial charge in [0, 0.05) is 37.0 Å². The topological polar surface area (TPSA) is 173 Å². The number of esters is 1. The van der Waals surface area contributed by atoms with Gasteiger partial charge in [-0.15, -0.1) is 0 Å². The van der Waals surface area contributed by atoms with Gasteiger partial charge >= 0.3 is 11.9 Å². The van der Waals surface area contributed by atoms with Gasteiger partial charge in [-0.25, -0.2) is 4.79 Å². The van der Waals surface area contributed by atoms with Gasteiger partial charge in [0.2, 0.25) is 11.7 Å². The molecule has 0 spiro atoms. The van der Waals surface area contributed by atoms with Crippen molar-refractivity contribution in [3.63, 3.8) is 0 Å². The van der Waals surface area contributed by atoms with E-state index in [1.165, 1.54) is 0 Å². The number of nitrogens with one attached hydrogen (secondary N) is 1. The van der Waals surface area contributed by atoms with Gasteiger partial charge in [0.05, 0.1) is 19.3 Å². The summed E-state index contributed by atoms with van der Waals surface area (Å²) in [6.45, 7) is 4.36. The summed E-state index contributed by atoms with van der Waals surface area (Å²) < 4.78 is 23.8. The lowest BCUT2D eigenvalue weighted by atomic mass is 9.81. The molecule has 14 nitrogen and oxygen atoms in total. The first-order valence-corrected chi connectivity index (χ1v) is 15.6. The van der Waals surface area contributed by atoms with Crippen molar-refractivity contribution < 1.29 is 33.6 Å². The molecule has 3 unspecified atom stereocenters. The third kappa shape index (κ3) is 4.96. The number of ether oxygens (including phenoxy) is 4. The number of allylic oxidation sites excluding steroid dienone is 2. The van der Waals surface area contributed by atoms with Gasteiger partial charge in [-0.2, -0.15) is 9.98 Å². The molecule has 0 aromatic heterocycles. The smallest absolute Gasteiger partial charge is 0.374 e. The Labute approximate surface area is 265 Å². The average molecular weight is 632 g/mol. The van der Waals surface area contributed by atoms with Crippen LogP contribution in [-0.4, -0.2) is 89.2 Å². The van der Waals surface area contributed by atoms with Gasteiger partial charge in [0.25, 0.3) is 0 Å². The summed E-state index contributed by atoms with van der Waals surface area (Å²) in [4.78, 5) is 41.3. The lowest BCUT2D eigenvalue weighted by Gasteiger charge is -2.35. The zero-order valence-corrected chi connectivity index (χ0v) is 26.0. The van der Waals surface area contributed by atoms with Gasteiger partial charge in [-0.1, -0.05) is 18.9 Å². The number of carbonyl (C=O) groups excluding carboxylic acids is 2. The van der Waals surface area contributed by atoms with Gasteiger partial charge in [-0.3, -0.25) is 14.7 Å². The molecule has 5 heterocycles. The molecule has 0 saturated heterocycles. The van der Waals surface area contributed by atoms with E-state index in [9.17, 15) is 14.7 Å². The summed E-state index contributed by atoms with van der Waals surface area (Å²) in [5, 5.41) is 14.9. The number of aliphatic imine (C=N–C) groups is 3. The molecule has 242 valence electrons. The van der Waals surface area contributed by atoms with E-state index >= 15 is 0 Å². The van der Waals surface area contributed by atoms with Gasteiger partial charge in [0.15, 0.2) is 17.8 Å². The van der Waals surface area contributed by atoms with E-state index < -0.39 is 29.9 Å². The molecule has 1 saturated carbocycles. The SMILES string of the molecule is CCOC(=O)C1=CC(=CCN2C=CNC2N2CN=C3C(=O)N=C(N)N=C32)c2c(cc3c(c2OC)CC(C(C)(O)C2CCCC2)O3)O1. The third-order valence-electron chi connectivity index (χ3n) is 9.42. The predicted octanol–water partition coefficient (Wildman–Crippen LogP) is 1.79. The highest BCUT2D eigenvalue weighted by Crippen LogP contribution is 2.51. The van der Waals surface area contributed by atoms with Crippen molar-refractivity contribution in [1.82, 2.24) is 15.1 Å². The van der Waals surface area contributed by atoms with Gasteiger partial charge in [-0.05, 0) is 44.3 Å². The molecule has 6 aliphatic rings. The molecule has 0 bridgehead atoms. The molecule has 46 heavy (non-hydrogen) atoms. The van der Waals surface area contributed by atoms with Gasteiger partial charge < -0.3 is 40.0 Å². The molecule has 1 amide bonds. The van der Waals surface area contributed by atoms with E-state index in [2.05, 4.69) is 20.3 Å². The van der Waals surface area contributed by atoms with E-state index in [1.807, 2.05) is 29.0 Å². The second-order valence-electron chi connectivity index (χ2n) is 12.1. The van der Waals surface area contributed by atoms with Gasteiger partial charge in [0.1, 0.15) is 35.6 Å². The van der Waals surface area contributed by atoms with E-state index in [0.29, 0.717) is 47.2 Å². The van der Waals surface area contributed by atoms with Crippen molar-refractivity contribution in [2.24, 2.45) is 26.6 Å². The number of carbonyl (C=O) groups is 2. The van der Waals surface area contributed by atoms with Crippen molar-refractivity contribution in [2.45, 2.75) is 63.9 Å². The van der Waals surface area contributed by atoms with E-state index in [4.69, 9.17) is 24.7 Å². The molecule has 1 fully saturated rings. The van der Waals surface area contributed by atoms with Crippen molar-refractivity contribution in [1.29, 1.82) is 0 Å². The molecular weight excluding hydrogens is 594 g/mol. The van der Waals surface area contributed by atoms with E-state index in [1.54, 1.807) is 32.4 Å². The van der Waals surface area contributed by atoms with Crippen molar-refractivity contribution in [2.75, 3.05) is 26.9 Å². The Morgan fingerprint density at radius 1 is 1.28 bits per heavy atom. The molecular formula is C32H37N7O7. The van der Waals surface area contributed by atoms with Crippen LogP contribution in [-0.2, 0) is 20.7 Å². The summed E-state index contributed by atoms with van der Waals surface area (Å²) >= 11 is 0. The highest BCUT2D eigenvalue weighted by molar-refractivity contribution is 6.69. The van der Waals surface area contributed by atoms with Crippen molar-refractivity contribution in [3.8, 4) is 17.2 Å². The molecule has 3 atom stereocenters. The number of hydrogen-bond acceptors (Lipinski definition) is 13. The van der Waals surface area contributed by atoms with E-state index in [0.717, 1.165) is 31.2 Å². The van der Waals surface area contributed by atoms with E-state index in [-0.39, 0.29) is 36.6 Å². The third-order valence-corrected chi connectivity index (χ3v) is 9.42. The second-order valence-corrected chi connectivity index (χ2v) is 12.1. The van der Waals surface area contributed by atoms with Crippen LogP contribution in [0, 0.1) is 5.92 Å². The zero-order chi connectivity index (χ0) is 32.2. The molecule has 4 N–H and O–H groups in total. The Bertz CT molecular complexity index is 1670. The van der Waals surface area contributed by atoms with Crippen LogP contribution in [0.15, 0.2) is 51.4 Å². The number of benzene rings is 1. The summed E-state index contributed by atoms with van der Waals surface area (Å²) in [6.07, 6.45) is 11.0. The highest BCUT2D eigenvalue weighted by atomic mass is 16.6. The molecule has 14 heteroatoms. The minimum atomic E-state index is -1.01. The summed E-state index contributed by atoms with van der Waals surface area (Å²) in [5.41, 5.74) is 7.14. The molecule has 7 rings (SSSR count). The number of rotatable bonds is 8. The fourth-order valence-corrected chi connectivity index (χ4v) is 7.06. The first-order chi connectivity index (χ1) is 22.2. The zero-order valence-electron chi connectivity index (χ0n) is 26.0.